The molecule has 4 heteroatoms. The van der Waals surface area contributed by atoms with Gasteiger partial charge in [-0.3, -0.25) is 0 Å². The molecule has 0 aromatic heterocycles. The van der Waals surface area contributed by atoms with E-state index in [0.717, 1.165) is 23.3 Å². The highest BCUT2D eigenvalue weighted by atomic mass is 32.2. The first-order chi connectivity index (χ1) is 8.60. The van der Waals surface area contributed by atoms with Gasteiger partial charge in [0.2, 0.25) is 0 Å². The molecule has 0 aromatic rings. The predicted molar refractivity (Wildman–Crippen MR) is 83.4 cm³/mol. The molecule has 1 rings (SSSR count). The standard InChI is InChI=1S/C14H28O2S2/c1-10(2)12-9-13(17-6-4-15)11(3)8-14(12)18-7-5-16/h10-16H,4-9H2,1-3H3. The van der Waals surface area contributed by atoms with Crippen LogP contribution in [0.25, 0.3) is 0 Å². The zero-order valence-electron chi connectivity index (χ0n) is 11.8. The number of aliphatic hydroxyl groups is 2. The van der Waals surface area contributed by atoms with Crippen LogP contribution in [-0.2, 0) is 0 Å². The Kier molecular flexibility index (Phi) is 8.08. The molecule has 108 valence electrons. The quantitative estimate of drug-likeness (QED) is 0.757. The van der Waals surface area contributed by atoms with Gasteiger partial charge in [-0.15, -0.1) is 0 Å². The SMILES string of the molecule is CC(C)C1CC(SCCO)C(C)CC1SCCO. The third-order valence-electron chi connectivity index (χ3n) is 3.92. The Labute approximate surface area is 120 Å². The Bertz CT molecular complexity index is 224. The van der Waals surface area contributed by atoms with E-state index in [4.69, 9.17) is 10.2 Å². The van der Waals surface area contributed by atoms with E-state index in [0.29, 0.717) is 29.6 Å². The van der Waals surface area contributed by atoms with Gasteiger partial charge >= 0.3 is 0 Å². The average molecular weight is 293 g/mol. The van der Waals surface area contributed by atoms with E-state index in [1.165, 1.54) is 12.8 Å². The summed E-state index contributed by atoms with van der Waals surface area (Å²) in [6.45, 7) is 7.58. The Hall–Kier alpha value is 0.620. The first kappa shape index (κ1) is 16.7. The molecule has 18 heavy (non-hydrogen) atoms. The summed E-state index contributed by atoms with van der Waals surface area (Å²) in [5.41, 5.74) is 0. The van der Waals surface area contributed by atoms with E-state index < -0.39 is 0 Å². The van der Waals surface area contributed by atoms with Crippen LogP contribution in [0.3, 0.4) is 0 Å². The number of aliphatic hydroxyl groups excluding tert-OH is 2. The van der Waals surface area contributed by atoms with Crippen molar-refractivity contribution < 1.29 is 10.2 Å². The van der Waals surface area contributed by atoms with Gasteiger partial charge in [0.15, 0.2) is 0 Å². The van der Waals surface area contributed by atoms with Crippen molar-refractivity contribution in [3.8, 4) is 0 Å². The van der Waals surface area contributed by atoms with Crippen LogP contribution in [-0.4, -0.2) is 45.4 Å². The summed E-state index contributed by atoms with van der Waals surface area (Å²) in [6.07, 6.45) is 2.53. The van der Waals surface area contributed by atoms with Crippen molar-refractivity contribution in [1.82, 2.24) is 0 Å². The predicted octanol–water partition coefficient (Wildman–Crippen LogP) is 2.88. The van der Waals surface area contributed by atoms with E-state index in [-0.39, 0.29) is 0 Å². The topological polar surface area (TPSA) is 40.5 Å². The minimum Gasteiger partial charge on any atom is -0.396 e. The largest absolute Gasteiger partial charge is 0.396 e. The third-order valence-corrected chi connectivity index (χ3v) is 6.82. The zero-order valence-corrected chi connectivity index (χ0v) is 13.5. The van der Waals surface area contributed by atoms with Crippen LogP contribution in [0.5, 0.6) is 0 Å². The summed E-state index contributed by atoms with van der Waals surface area (Å²) in [4.78, 5) is 0. The first-order valence-corrected chi connectivity index (χ1v) is 9.14. The normalized spacial score (nSPS) is 33.0. The molecule has 0 heterocycles. The van der Waals surface area contributed by atoms with Crippen molar-refractivity contribution in [2.24, 2.45) is 17.8 Å². The van der Waals surface area contributed by atoms with Gasteiger partial charge in [0.25, 0.3) is 0 Å². The first-order valence-electron chi connectivity index (χ1n) is 7.05. The van der Waals surface area contributed by atoms with Crippen molar-refractivity contribution in [3.05, 3.63) is 0 Å². The lowest BCUT2D eigenvalue weighted by molar-refractivity contribution is 0.250. The van der Waals surface area contributed by atoms with Crippen LogP contribution in [0.1, 0.15) is 33.6 Å². The highest BCUT2D eigenvalue weighted by Crippen LogP contribution is 2.44. The van der Waals surface area contributed by atoms with Crippen molar-refractivity contribution in [1.29, 1.82) is 0 Å². The monoisotopic (exact) mass is 292 g/mol. The second-order valence-electron chi connectivity index (χ2n) is 5.62. The molecule has 1 fully saturated rings. The van der Waals surface area contributed by atoms with Gasteiger partial charge in [-0.2, -0.15) is 23.5 Å². The second-order valence-corrected chi connectivity index (χ2v) is 8.32. The lowest BCUT2D eigenvalue weighted by Gasteiger charge is -2.41. The van der Waals surface area contributed by atoms with Crippen LogP contribution < -0.4 is 0 Å². The van der Waals surface area contributed by atoms with Crippen LogP contribution >= 0.6 is 23.5 Å². The molecule has 2 nitrogen and oxygen atoms in total. The Balaban J connectivity index is 2.56. The smallest absolute Gasteiger partial charge is 0.0521 e. The van der Waals surface area contributed by atoms with Gasteiger partial charge in [0.1, 0.15) is 0 Å². The molecule has 0 radical (unpaired) electrons. The Morgan fingerprint density at radius 3 is 2.06 bits per heavy atom. The number of thioether (sulfide) groups is 2. The summed E-state index contributed by atoms with van der Waals surface area (Å²) in [5.74, 6) is 3.94. The van der Waals surface area contributed by atoms with E-state index in [1.54, 1.807) is 0 Å². The second kappa shape index (κ2) is 8.72. The van der Waals surface area contributed by atoms with Crippen LogP contribution in [0.15, 0.2) is 0 Å². The number of hydrogen-bond donors (Lipinski definition) is 2. The molecule has 4 atom stereocenters. The van der Waals surface area contributed by atoms with Crippen molar-refractivity contribution in [2.45, 2.75) is 44.1 Å². The summed E-state index contributed by atoms with van der Waals surface area (Å²) < 4.78 is 0. The van der Waals surface area contributed by atoms with E-state index in [9.17, 15) is 0 Å². The molecule has 0 bridgehead atoms. The molecule has 0 amide bonds. The zero-order chi connectivity index (χ0) is 13.5. The van der Waals surface area contributed by atoms with Crippen LogP contribution in [0.2, 0.25) is 0 Å². The molecule has 0 saturated heterocycles. The fourth-order valence-corrected chi connectivity index (χ4v) is 5.61. The molecule has 0 aliphatic heterocycles. The van der Waals surface area contributed by atoms with Crippen LogP contribution in [0, 0.1) is 17.8 Å². The highest BCUT2D eigenvalue weighted by Gasteiger charge is 2.36. The highest BCUT2D eigenvalue weighted by molar-refractivity contribution is 8.00. The van der Waals surface area contributed by atoms with Gasteiger partial charge in [0, 0.05) is 22.0 Å². The number of hydrogen-bond acceptors (Lipinski definition) is 4. The Morgan fingerprint density at radius 2 is 1.56 bits per heavy atom. The lowest BCUT2D eigenvalue weighted by atomic mass is 9.77. The molecule has 1 saturated carbocycles. The molecule has 0 spiro atoms. The van der Waals surface area contributed by atoms with Gasteiger partial charge in [0.05, 0.1) is 13.2 Å². The van der Waals surface area contributed by atoms with E-state index in [1.807, 2.05) is 23.5 Å². The maximum absolute atomic E-state index is 9.00. The molecule has 4 unspecified atom stereocenters. The van der Waals surface area contributed by atoms with Crippen molar-refractivity contribution in [3.63, 3.8) is 0 Å². The molecule has 1 aliphatic rings. The van der Waals surface area contributed by atoms with E-state index >= 15 is 0 Å². The molecule has 1 aliphatic carbocycles. The van der Waals surface area contributed by atoms with Gasteiger partial charge in [-0.05, 0) is 30.6 Å². The fraction of sp³-hybridized carbons (Fsp3) is 1.00. The van der Waals surface area contributed by atoms with Crippen molar-refractivity contribution in [2.75, 3.05) is 24.7 Å². The molecular weight excluding hydrogens is 264 g/mol. The van der Waals surface area contributed by atoms with Gasteiger partial charge in [-0.1, -0.05) is 20.8 Å². The maximum atomic E-state index is 9.00. The van der Waals surface area contributed by atoms with Gasteiger partial charge in [-0.25, -0.2) is 0 Å². The minimum absolute atomic E-state index is 0.295. The minimum atomic E-state index is 0.295. The van der Waals surface area contributed by atoms with E-state index in [2.05, 4.69) is 20.8 Å². The summed E-state index contributed by atoms with van der Waals surface area (Å²) in [5, 5.41) is 19.4. The summed E-state index contributed by atoms with van der Waals surface area (Å²) in [7, 11) is 0. The number of rotatable bonds is 7. The lowest BCUT2D eigenvalue weighted by Crippen LogP contribution is -2.37. The fourth-order valence-electron chi connectivity index (χ4n) is 2.88. The van der Waals surface area contributed by atoms with Crippen LogP contribution in [0.4, 0.5) is 0 Å². The summed E-state index contributed by atoms with van der Waals surface area (Å²) in [6, 6.07) is 0. The molecule has 0 aromatic carbocycles. The summed E-state index contributed by atoms with van der Waals surface area (Å²) >= 11 is 3.90. The maximum Gasteiger partial charge on any atom is 0.0521 e. The van der Waals surface area contributed by atoms with Gasteiger partial charge < -0.3 is 10.2 Å². The molecule has 2 N–H and O–H groups in total. The van der Waals surface area contributed by atoms with Crippen molar-refractivity contribution >= 4 is 23.5 Å². The average Bonchev–Trinajstić information content (AvgIpc) is 2.34. The molecular formula is C14H28O2S2. The Morgan fingerprint density at radius 1 is 1.00 bits per heavy atom. The third kappa shape index (κ3) is 4.95.